The van der Waals surface area contributed by atoms with E-state index < -0.39 is 0 Å². The summed E-state index contributed by atoms with van der Waals surface area (Å²) in [5.74, 6) is 1.04. The number of carbonyl (C=O) groups is 1. The molecule has 1 heterocycles. The quantitative estimate of drug-likeness (QED) is 0.684. The van der Waals surface area contributed by atoms with Crippen LogP contribution in [0.15, 0.2) is 6.20 Å². The molecule has 1 aliphatic carbocycles. The van der Waals surface area contributed by atoms with Gasteiger partial charge in [-0.15, -0.1) is 0 Å². The molecular formula is C10H14N4OS. The van der Waals surface area contributed by atoms with E-state index in [-0.39, 0.29) is 16.8 Å². The van der Waals surface area contributed by atoms with Crippen LogP contribution < -0.4 is 11.1 Å². The van der Waals surface area contributed by atoms with Crippen molar-refractivity contribution in [1.29, 1.82) is 0 Å². The first kappa shape index (κ1) is 11.1. The van der Waals surface area contributed by atoms with Crippen molar-refractivity contribution in [1.82, 2.24) is 10.2 Å². The van der Waals surface area contributed by atoms with Gasteiger partial charge in [-0.25, -0.2) is 0 Å². The Balaban J connectivity index is 2.05. The van der Waals surface area contributed by atoms with Crippen LogP contribution in [0.3, 0.4) is 0 Å². The van der Waals surface area contributed by atoms with Gasteiger partial charge in [-0.1, -0.05) is 19.1 Å². The van der Waals surface area contributed by atoms with E-state index in [0.29, 0.717) is 17.3 Å². The van der Waals surface area contributed by atoms with Crippen LogP contribution in [0, 0.1) is 11.8 Å². The van der Waals surface area contributed by atoms with Crippen LogP contribution in [0.4, 0.5) is 5.82 Å². The highest BCUT2D eigenvalue weighted by atomic mass is 32.1. The highest BCUT2D eigenvalue weighted by molar-refractivity contribution is 7.80. The average Bonchev–Trinajstić information content (AvgIpc) is 2.97. The summed E-state index contributed by atoms with van der Waals surface area (Å²) in [5, 5.41) is 9.26. The summed E-state index contributed by atoms with van der Waals surface area (Å²) in [5.41, 5.74) is 6.08. The molecule has 1 amide bonds. The molecule has 2 rings (SSSR count). The lowest BCUT2D eigenvalue weighted by Crippen LogP contribution is -2.23. The van der Waals surface area contributed by atoms with Gasteiger partial charge in [-0.2, -0.15) is 5.10 Å². The van der Waals surface area contributed by atoms with Gasteiger partial charge >= 0.3 is 0 Å². The van der Waals surface area contributed by atoms with Gasteiger partial charge in [-0.3, -0.25) is 9.89 Å². The van der Waals surface area contributed by atoms with Gasteiger partial charge in [-0.05, 0) is 18.8 Å². The van der Waals surface area contributed by atoms with E-state index in [0.717, 1.165) is 12.8 Å². The third-order valence-corrected chi connectivity index (χ3v) is 3.12. The highest BCUT2D eigenvalue weighted by Gasteiger charge is 2.32. The topological polar surface area (TPSA) is 83.8 Å². The van der Waals surface area contributed by atoms with Crippen molar-refractivity contribution in [3.63, 3.8) is 0 Å². The first-order valence-corrected chi connectivity index (χ1v) is 5.64. The fraction of sp³-hybridized carbons (Fsp3) is 0.500. The van der Waals surface area contributed by atoms with E-state index in [1.165, 1.54) is 6.20 Å². The fourth-order valence-electron chi connectivity index (χ4n) is 1.62. The van der Waals surface area contributed by atoms with Crippen LogP contribution in [0.5, 0.6) is 0 Å². The summed E-state index contributed by atoms with van der Waals surface area (Å²) in [6.07, 6.45) is 3.79. The second-order valence-corrected chi connectivity index (χ2v) is 4.58. The molecule has 1 fully saturated rings. The molecule has 0 radical (unpaired) electrons. The van der Waals surface area contributed by atoms with Gasteiger partial charge < -0.3 is 11.1 Å². The van der Waals surface area contributed by atoms with Gasteiger partial charge in [0.25, 0.3) is 0 Å². The molecule has 1 unspecified atom stereocenters. The fourth-order valence-corrected chi connectivity index (χ4v) is 1.77. The number of aromatic amines is 1. The van der Waals surface area contributed by atoms with Crippen LogP contribution >= 0.6 is 12.2 Å². The number of nitrogens with zero attached hydrogens (tertiary/aromatic N) is 1. The summed E-state index contributed by atoms with van der Waals surface area (Å²) >= 11 is 4.85. The molecule has 6 heteroatoms. The lowest BCUT2D eigenvalue weighted by molar-refractivity contribution is -0.119. The monoisotopic (exact) mass is 238 g/mol. The van der Waals surface area contributed by atoms with Gasteiger partial charge in [0.2, 0.25) is 5.91 Å². The molecule has 1 saturated carbocycles. The van der Waals surface area contributed by atoms with Crippen molar-refractivity contribution in [3.05, 3.63) is 11.8 Å². The zero-order chi connectivity index (χ0) is 11.7. The Bertz CT molecular complexity index is 424. The second kappa shape index (κ2) is 4.21. The molecule has 0 bridgehead atoms. The van der Waals surface area contributed by atoms with Crippen molar-refractivity contribution >= 4 is 28.9 Å². The smallest absolute Gasteiger partial charge is 0.228 e. The standard InChI is InChI=1S/C10H14N4OS/c1-5(6-2-3-6)10(15)13-9-7(8(11)16)4-12-14-9/h4-6H,2-3H2,1H3,(H2,11,16)(H2,12,13,14,15). The third kappa shape index (κ3) is 2.21. The predicted molar refractivity (Wildman–Crippen MR) is 65.0 cm³/mol. The molecule has 0 aliphatic heterocycles. The minimum atomic E-state index is -0.00995. The zero-order valence-corrected chi connectivity index (χ0v) is 9.80. The Morgan fingerprint density at radius 3 is 3.00 bits per heavy atom. The van der Waals surface area contributed by atoms with E-state index in [2.05, 4.69) is 15.5 Å². The number of hydrogen-bond donors (Lipinski definition) is 3. The van der Waals surface area contributed by atoms with E-state index in [9.17, 15) is 4.79 Å². The van der Waals surface area contributed by atoms with Crippen molar-refractivity contribution in [3.8, 4) is 0 Å². The Morgan fingerprint density at radius 1 is 1.75 bits per heavy atom. The molecule has 86 valence electrons. The summed E-state index contributed by atoms with van der Waals surface area (Å²) in [6, 6.07) is 0. The minimum absolute atomic E-state index is 0.00995. The SMILES string of the molecule is CC(C(=O)Nc1[nH]ncc1C(N)=S)C1CC1. The number of amides is 1. The molecule has 4 N–H and O–H groups in total. The molecule has 0 aromatic carbocycles. The molecule has 16 heavy (non-hydrogen) atoms. The number of nitrogens with one attached hydrogen (secondary N) is 2. The molecule has 5 nitrogen and oxygen atoms in total. The second-order valence-electron chi connectivity index (χ2n) is 4.14. The number of aromatic nitrogens is 2. The van der Waals surface area contributed by atoms with E-state index in [1.54, 1.807) is 0 Å². The largest absolute Gasteiger partial charge is 0.389 e. The predicted octanol–water partition coefficient (Wildman–Crippen LogP) is 1.03. The summed E-state index contributed by atoms with van der Waals surface area (Å²) in [4.78, 5) is 12.0. The first-order chi connectivity index (χ1) is 7.59. The third-order valence-electron chi connectivity index (χ3n) is 2.90. The highest BCUT2D eigenvalue weighted by Crippen LogP contribution is 2.37. The van der Waals surface area contributed by atoms with Crippen molar-refractivity contribution in [2.75, 3.05) is 5.32 Å². The van der Waals surface area contributed by atoms with E-state index >= 15 is 0 Å². The number of hydrogen-bond acceptors (Lipinski definition) is 3. The number of nitrogens with two attached hydrogens (primary N) is 1. The van der Waals surface area contributed by atoms with Crippen molar-refractivity contribution < 1.29 is 4.79 Å². The summed E-state index contributed by atoms with van der Waals surface area (Å²) in [7, 11) is 0. The Hall–Kier alpha value is -1.43. The maximum Gasteiger partial charge on any atom is 0.228 e. The summed E-state index contributed by atoms with van der Waals surface area (Å²) in [6.45, 7) is 1.93. The Labute approximate surface area is 98.8 Å². The molecule has 1 atom stereocenters. The maximum atomic E-state index is 11.8. The molecular weight excluding hydrogens is 224 g/mol. The number of carbonyl (C=O) groups excluding carboxylic acids is 1. The van der Waals surface area contributed by atoms with Crippen LogP contribution in [0.1, 0.15) is 25.3 Å². The van der Waals surface area contributed by atoms with Crippen LogP contribution in [0.25, 0.3) is 0 Å². The number of thiocarbonyl (C=S) groups is 1. The minimum Gasteiger partial charge on any atom is -0.389 e. The lowest BCUT2D eigenvalue weighted by Gasteiger charge is -2.10. The van der Waals surface area contributed by atoms with Crippen LogP contribution in [0.2, 0.25) is 0 Å². The Kier molecular flexibility index (Phi) is 2.91. The van der Waals surface area contributed by atoms with Crippen molar-refractivity contribution in [2.45, 2.75) is 19.8 Å². The van der Waals surface area contributed by atoms with Crippen molar-refractivity contribution in [2.24, 2.45) is 17.6 Å². The molecule has 0 spiro atoms. The number of anilines is 1. The molecule has 1 aromatic rings. The lowest BCUT2D eigenvalue weighted by atomic mass is 10.1. The summed E-state index contributed by atoms with van der Waals surface area (Å²) < 4.78 is 0. The van der Waals surface area contributed by atoms with Gasteiger partial charge in [0, 0.05) is 5.92 Å². The average molecular weight is 238 g/mol. The van der Waals surface area contributed by atoms with Gasteiger partial charge in [0.1, 0.15) is 10.8 Å². The maximum absolute atomic E-state index is 11.8. The zero-order valence-electron chi connectivity index (χ0n) is 8.99. The molecule has 0 saturated heterocycles. The van der Waals surface area contributed by atoms with E-state index in [4.69, 9.17) is 18.0 Å². The van der Waals surface area contributed by atoms with Gasteiger partial charge in [0.05, 0.1) is 11.8 Å². The van der Waals surface area contributed by atoms with Crippen LogP contribution in [-0.2, 0) is 4.79 Å². The Morgan fingerprint density at radius 2 is 2.44 bits per heavy atom. The normalized spacial score (nSPS) is 16.8. The first-order valence-electron chi connectivity index (χ1n) is 5.23. The number of H-pyrrole nitrogens is 1. The number of rotatable bonds is 4. The van der Waals surface area contributed by atoms with Crippen LogP contribution in [-0.4, -0.2) is 21.1 Å². The van der Waals surface area contributed by atoms with Gasteiger partial charge in [0.15, 0.2) is 0 Å². The van der Waals surface area contributed by atoms with E-state index in [1.807, 2.05) is 6.92 Å². The molecule has 1 aliphatic rings. The molecule has 1 aromatic heterocycles.